The number of likely N-dealkylation sites (tertiary alicyclic amines) is 2. The molecular formula is C45H62Cl3N7O9. The molecule has 2 aromatic carbocycles. The van der Waals surface area contributed by atoms with Gasteiger partial charge in [-0.25, -0.2) is 14.4 Å². The molecule has 0 aromatic heterocycles. The number of rotatable bonds is 7. The molecule has 0 saturated carbocycles. The van der Waals surface area contributed by atoms with Gasteiger partial charge in [-0.3, -0.25) is 9.59 Å². The van der Waals surface area contributed by atoms with Crippen LogP contribution in [-0.4, -0.2) is 119 Å². The van der Waals surface area contributed by atoms with Gasteiger partial charge < -0.3 is 45.3 Å². The van der Waals surface area contributed by atoms with Crippen molar-refractivity contribution in [3.63, 3.8) is 0 Å². The summed E-state index contributed by atoms with van der Waals surface area (Å²) in [6, 6.07) is 10.9. The van der Waals surface area contributed by atoms with E-state index in [1.54, 1.807) is 18.2 Å². The smallest absolute Gasteiger partial charge is 0.328 e. The molecule has 352 valence electrons. The first-order valence-electron chi connectivity index (χ1n) is 20.8. The maximum absolute atomic E-state index is 13.8. The molecular weight excluding hydrogens is 889 g/mol. The Kier molecular flexibility index (Phi) is 16.1. The van der Waals surface area contributed by atoms with Gasteiger partial charge in [-0.15, -0.1) is 12.4 Å². The molecule has 16 nitrogen and oxygen atoms in total. The number of amides is 4. The topological polar surface area (TPSA) is 204 Å². The fourth-order valence-electron chi connectivity index (χ4n) is 8.00. The van der Waals surface area contributed by atoms with Gasteiger partial charge in [-0.1, -0.05) is 99.3 Å². The van der Waals surface area contributed by atoms with Crippen LogP contribution in [0.4, 0.5) is 4.79 Å². The van der Waals surface area contributed by atoms with Crippen LogP contribution in [0.25, 0.3) is 0 Å². The summed E-state index contributed by atoms with van der Waals surface area (Å²) >= 11 is 12.2. The maximum atomic E-state index is 13.8. The van der Waals surface area contributed by atoms with Crippen LogP contribution in [0.2, 0.25) is 10.0 Å². The molecule has 0 radical (unpaired) electrons. The minimum Gasteiger partial charge on any atom is -0.467 e. The Bertz CT molecular complexity index is 2150. The average molecular weight is 951 g/mol. The number of nitrogens with zero attached hydrogens (tertiary/aromatic N) is 4. The Morgan fingerprint density at radius 2 is 1.16 bits per heavy atom. The van der Waals surface area contributed by atoms with Crippen molar-refractivity contribution in [1.29, 1.82) is 0 Å². The van der Waals surface area contributed by atoms with Crippen molar-refractivity contribution in [2.45, 2.75) is 129 Å². The number of oxime groups is 2. The highest BCUT2D eigenvalue weighted by Crippen LogP contribution is 2.42. The van der Waals surface area contributed by atoms with Gasteiger partial charge in [0, 0.05) is 52.4 Å². The van der Waals surface area contributed by atoms with E-state index < -0.39 is 69.7 Å². The van der Waals surface area contributed by atoms with Gasteiger partial charge >= 0.3 is 18.0 Å². The fraction of sp³-hybridized carbons (Fsp3) is 0.578. The largest absolute Gasteiger partial charge is 0.467 e. The summed E-state index contributed by atoms with van der Waals surface area (Å²) in [5.41, 5.74) is 6.10. The zero-order chi connectivity index (χ0) is 46.9. The number of esters is 2. The molecule has 64 heavy (non-hydrogen) atoms. The van der Waals surface area contributed by atoms with E-state index in [4.69, 9.17) is 48.1 Å². The quantitative estimate of drug-likeness (QED) is 0.266. The van der Waals surface area contributed by atoms with Crippen LogP contribution < -0.4 is 16.4 Å². The molecule has 2 spiro atoms. The first-order chi connectivity index (χ1) is 29.2. The first kappa shape index (κ1) is 52.0. The predicted octanol–water partition coefficient (Wildman–Crippen LogP) is 6.26. The number of methoxy groups -OCH3 is 2. The van der Waals surface area contributed by atoms with Crippen molar-refractivity contribution in [2.75, 3.05) is 27.3 Å². The van der Waals surface area contributed by atoms with Crippen molar-refractivity contribution < 1.29 is 43.1 Å². The summed E-state index contributed by atoms with van der Waals surface area (Å²) < 4.78 is 9.94. The summed E-state index contributed by atoms with van der Waals surface area (Å²) in [7, 11) is 2.60. The van der Waals surface area contributed by atoms with E-state index in [0.717, 1.165) is 16.8 Å². The summed E-state index contributed by atoms with van der Waals surface area (Å²) in [6.45, 7) is 17.2. The predicted molar refractivity (Wildman–Crippen MR) is 246 cm³/mol. The first-order valence-corrected chi connectivity index (χ1v) is 21.6. The number of urea groups is 1. The molecule has 6 rings (SSSR count). The Morgan fingerprint density at radius 1 is 0.734 bits per heavy atom. The fourth-order valence-corrected chi connectivity index (χ4v) is 8.38. The second-order valence-electron chi connectivity index (χ2n) is 19.9. The molecule has 19 heteroatoms. The van der Waals surface area contributed by atoms with Crippen LogP contribution in [0.1, 0.15) is 99.1 Å². The number of benzene rings is 2. The van der Waals surface area contributed by atoms with E-state index in [2.05, 4.69) is 20.9 Å². The number of nitrogens with two attached hydrogens (primary N) is 1. The van der Waals surface area contributed by atoms with Gasteiger partial charge in [-0.05, 0) is 55.9 Å². The number of hydrogen-bond acceptors (Lipinski definition) is 12. The Hall–Kier alpha value is -4.64. The van der Waals surface area contributed by atoms with Gasteiger partial charge in [-0.2, -0.15) is 0 Å². The third kappa shape index (κ3) is 12.2. The van der Waals surface area contributed by atoms with Gasteiger partial charge in [0.1, 0.15) is 18.1 Å². The Morgan fingerprint density at radius 3 is 1.52 bits per heavy atom. The lowest BCUT2D eigenvalue weighted by Gasteiger charge is -2.36. The number of halogens is 3. The summed E-state index contributed by atoms with van der Waals surface area (Å²) in [5, 5.41) is 15.3. The SMILES string of the molecule is COC(=O)[C@@H]1C[C@]2(CC(c3cccc(Cl)c3)=NO2)CN1C(=O)[C@@H](N)C(C)(C)C.COC(=O)[C@@H]1C[C@]2(CC(c3cccc(Cl)c3)=NO2)CN1C(=O)[C@@H](NC(=O)NC(C)(C)C)C(C)(C)C.Cl. The van der Waals surface area contributed by atoms with E-state index in [1.807, 2.05) is 92.6 Å². The minimum absolute atomic E-state index is 0. The van der Waals surface area contributed by atoms with Crippen molar-refractivity contribution in [3.05, 3.63) is 69.7 Å². The average Bonchev–Trinajstić information content (AvgIpc) is 4.00. The summed E-state index contributed by atoms with van der Waals surface area (Å²) in [5.74, 6) is -1.69. The van der Waals surface area contributed by atoms with Crippen LogP contribution in [0.15, 0.2) is 58.8 Å². The lowest BCUT2D eigenvalue weighted by atomic mass is 9.85. The van der Waals surface area contributed by atoms with Crippen molar-refractivity contribution in [1.82, 2.24) is 20.4 Å². The van der Waals surface area contributed by atoms with Crippen molar-refractivity contribution in [2.24, 2.45) is 26.9 Å². The monoisotopic (exact) mass is 949 g/mol. The van der Waals surface area contributed by atoms with E-state index in [0.29, 0.717) is 35.0 Å². The number of hydrogen-bond donors (Lipinski definition) is 3. The van der Waals surface area contributed by atoms with E-state index >= 15 is 0 Å². The van der Waals surface area contributed by atoms with Gasteiger partial charge in [0.05, 0.1) is 44.8 Å². The standard InChI is InChI=1S/C25H35ClN4O5.C20H26ClN3O4.ClH/c1-23(2,3)19(27-22(33)28-24(4,5)6)20(31)30-14-25(13-18(30)21(32)34-7)12-17(29-35-25)15-9-8-10-16(26)11-15;1-19(2,3)16(22)17(25)24-11-20(10-15(24)18(26)27-4)9-14(23-28-20)12-6-5-7-13(21)8-12;/h8-11,18-19H,12-14H2,1-7H3,(H2,27,28,33);5-8,15-16H,9-11,22H2,1-4H3;1H/t18-,19+,25+;15-,16+,20+;/m00./s1. The molecule has 0 bridgehead atoms. The number of ether oxygens (including phenoxy) is 2. The van der Waals surface area contributed by atoms with Crippen LogP contribution in [0, 0.1) is 10.8 Å². The van der Waals surface area contributed by atoms with Gasteiger partial charge in [0.2, 0.25) is 11.8 Å². The molecule has 4 N–H and O–H groups in total. The second-order valence-corrected chi connectivity index (χ2v) is 20.8. The third-order valence-electron chi connectivity index (χ3n) is 11.4. The zero-order valence-corrected chi connectivity index (χ0v) is 40.7. The Balaban J connectivity index is 0.000000283. The van der Waals surface area contributed by atoms with E-state index in [9.17, 15) is 24.0 Å². The zero-order valence-electron chi connectivity index (χ0n) is 38.4. The van der Waals surface area contributed by atoms with Crippen molar-refractivity contribution in [3.8, 4) is 0 Å². The molecule has 2 aromatic rings. The molecule has 6 atom stereocenters. The molecule has 4 heterocycles. The second kappa shape index (κ2) is 19.8. The lowest BCUT2D eigenvalue weighted by Crippen LogP contribution is -2.60. The highest BCUT2D eigenvalue weighted by atomic mass is 35.5. The number of nitrogens with one attached hydrogen (secondary N) is 2. The number of carbonyl (C=O) groups excluding carboxylic acids is 5. The highest BCUT2D eigenvalue weighted by Gasteiger charge is 2.57. The van der Waals surface area contributed by atoms with Crippen LogP contribution in [-0.2, 0) is 38.3 Å². The molecule has 4 aliphatic rings. The number of carbonyl (C=O) groups is 5. The molecule has 0 aliphatic carbocycles. The lowest BCUT2D eigenvalue weighted by molar-refractivity contribution is -0.152. The molecule has 0 unspecified atom stereocenters. The highest BCUT2D eigenvalue weighted by molar-refractivity contribution is 6.31. The molecule has 2 saturated heterocycles. The normalized spacial score (nSPS) is 23.7. The summed E-state index contributed by atoms with van der Waals surface area (Å²) in [4.78, 5) is 79.2. The summed E-state index contributed by atoms with van der Waals surface area (Å²) in [6.07, 6.45) is 1.40. The van der Waals surface area contributed by atoms with Crippen LogP contribution in [0.3, 0.4) is 0 Å². The minimum atomic E-state index is -0.887. The molecule has 4 aliphatic heterocycles. The van der Waals surface area contributed by atoms with Crippen LogP contribution in [0.5, 0.6) is 0 Å². The van der Waals surface area contributed by atoms with E-state index in [-0.39, 0.29) is 43.7 Å². The molecule has 2 fully saturated rings. The Labute approximate surface area is 391 Å². The maximum Gasteiger partial charge on any atom is 0.328 e. The van der Waals surface area contributed by atoms with Crippen LogP contribution >= 0.6 is 35.6 Å². The van der Waals surface area contributed by atoms with E-state index in [1.165, 1.54) is 24.0 Å². The van der Waals surface area contributed by atoms with Crippen molar-refractivity contribution >= 4 is 76.8 Å². The van der Waals surface area contributed by atoms with Gasteiger partial charge in [0.25, 0.3) is 0 Å². The molecule has 4 amide bonds. The van der Waals surface area contributed by atoms with Gasteiger partial charge in [0.15, 0.2) is 11.2 Å². The third-order valence-corrected chi connectivity index (χ3v) is 11.9.